The van der Waals surface area contributed by atoms with Crippen LogP contribution in [0.5, 0.6) is 0 Å². The smallest absolute Gasteiger partial charge is 0.102 e. The van der Waals surface area contributed by atoms with Gasteiger partial charge in [0.25, 0.3) is 0 Å². The van der Waals surface area contributed by atoms with E-state index in [2.05, 4.69) is 50.8 Å². The van der Waals surface area contributed by atoms with Crippen LogP contribution in [0.15, 0.2) is 12.3 Å². The van der Waals surface area contributed by atoms with Gasteiger partial charge in [-0.05, 0) is 41.6 Å². The van der Waals surface area contributed by atoms with Crippen molar-refractivity contribution < 1.29 is 0 Å². The van der Waals surface area contributed by atoms with Gasteiger partial charge in [0.15, 0.2) is 0 Å². The number of H-pyrrole nitrogens is 1. The van der Waals surface area contributed by atoms with Crippen molar-refractivity contribution in [3.05, 3.63) is 21.5 Å². The number of halogens is 1. The van der Waals surface area contributed by atoms with Crippen LogP contribution in [0, 0.1) is 3.57 Å². The number of likely N-dealkylation sites (N-methyl/N-ethyl adjacent to an activating group) is 1. The van der Waals surface area contributed by atoms with Gasteiger partial charge in [0.2, 0.25) is 0 Å². The molecule has 0 aliphatic carbocycles. The monoisotopic (exact) mass is 289 g/mol. The Hall–Kier alpha value is -0.360. The van der Waals surface area contributed by atoms with Gasteiger partial charge in [0.1, 0.15) is 5.69 Å². The highest BCUT2D eigenvalue weighted by atomic mass is 127. The first-order chi connectivity index (χ1) is 6.27. The van der Waals surface area contributed by atoms with E-state index in [4.69, 9.17) is 0 Å². The molecule has 0 saturated carbocycles. The van der Waals surface area contributed by atoms with Crippen molar-refractivity contribution in [2.75, 3.05) is 20.1 Å². The maximum atomic E-state index is 4.25. The van der Waals surface area contributed by atoms with Gasteiger partial charge in [0, 0.05) is 19.3 Å². The van der Waals surface area contributed by atoms with E-state index in [1.807, 2.05) is 6.20 Å². The van der Waals surface area contributed by atoms with E-state index >= 15 is 0 Å². The molecule has 1 aromatic heterocycles. The third kappa shape index (κ3) is 1.94. The molecule has 0 radical (unpaired) electrons. The minimum Gasteiger partial charge on any atom is -0.302 e. The van der Waals surface area contributed by atoms with E-state index in [1.165, 1.54) is 9.14 Å². The zero-order chi connectivity index (χ0) is 9.26. The lowest BCUT2D eigenvalue weighted by Gasteiger charge is -2.21. The predicted octanol–water partition coefficient (Wildman–Crippen LogP) is 1.73. The van der Waals surface area contributed by atoms with Crippen LogP contribution in [0.1, 0.15) is 12.1 Å². The van der Waals surface area contributed by atoms with Crippen molar-refractivity contribution in [2.24, 2.45) is 0 Å². The van der Waals surface area contributed by atoms with Crippen molar-refractivity contribution in [2.45, 2.75) is 6.42 Å². The van der Waals surface area contributed by atoms with Crippen LogP contribution in [0.2, 0.25) is 0 Å². The molecule has 0 saturated heterocycles. The molecular weight excluding hydrogens is 277 g/mol. The lowest BCUT2D eigenvalue weighted by Crippen LogP contribution is -2.25. The van der Waals surface area contributed by atoms with Crippen LogP contribution >= 0.6 is 22.6 Å². The van der Waals surface area contributed by atoms with Crippen molar-refractivity contribution in [1.29, 1.82) is 0 Å². The molecule has 0 spiro atoms. The molecule has 1 aromatic rings. The molecule has 0 amide bonds. The first-order valence-electron chi connectivity index (χ1n) is 4.34. The minimum absolute atomic E-state index is 1.01. The fourth-order valence-electron chi connectivity index (χ4n) is 1.57. The Balaban J connectivity index is 2.26. The lowest BCUT2D eigenvalue weighted by atomic mass is 10.1. The standard InChI is InChI=1S/C9H12IN3/c1-13-4-2-3-7(6-13)9-8(10)5-11-12-9/h3,5H,2,4,6H2,1H3,(H,11,12). The van der Waals surface area contributed by atoms with E-state index in [9.17, 15) is 0 Å². The molecule has 2 heterocycles. The number of aromatic amines is 1. The second kappa shape index (κ2) is 3.79. The van der Waals surface area contributed by atoms with E-state index in [1.54, 1.807) is 0 Å². The van der Waals surface area contributed by atoms with Gasteiger partial charge in [0.05, 0.1) is 3.57 Å². The number of nitrogens with one attached hydrogen (secondary N) is 1. The molecule has 0 unspecified atom stereocenters. The summed E-state index contributed by atoms with van der Waals surface area (Å²) in [4.78, 5) is 2.32. The molecule has 4 heteroatoms. The Bertz CT molecular complexity index is 329. The van der Waals surface area contributed by atoms with Crippen molar-refractivity contribution >= 4 is 28.2 Å². The Kier molecular flexibility index (Phi) is 2.69. The molecule has 0 aromatic carbocycles. The normalized spacial score (nSPS) is 18.8. The van der Waals surface area contributed by atoms with Crippen LogP contribution < -0.4 is 0 Å². The van der Waals surface area contributed by atoms with Crippen LogP contribution in [0.4, 0.5) is 0 Å². The molecule has 1 aliphatic heterocycles. The molecule has 13 heavy (non-hydrogen) atoms. The predicted molar refractivity (Wildman–Crippen MR) is 61.4 cm³/mol. The van der Waals surface area contributed by atoms with Gasteiger partial charge in [-0.3, -0.25) is 5.10 Å². The summed E-state index contributed by atoms with van der Waals surface area (Å²) in [7, 11) is 2.15. The summed E-state index contributed by atoms with van der Waals surface area (Å²) < 4.78 is 1.21. The zero-order valence-electron chi connectivity index (χ0n) is 7.55. The minimum atomic E-state index is 1.01. The maximum absolute atomic E-state index is 4.25. The summed E-state index contributed by atoms with van der Waals surface area (Å²) in [5.74, 6) is 0. The Morgan fingerprint density at radius 2 is 2.46 bits per heavy atom. The topological polar surface area (TPSA) is 31.9 Å². The molecule has 2 rings (SSSR count). The molecule has 0 bridgehead atoms. The van der Waals surface area contributed by atoms with Crippen LogP contribution in [-0.2, 0) is 0 Å². The summed E-state index contributed by atoms with van der Waals surface area (Å²) in [5, 5.41) is 7.14. The summed E-state index contributed by atoms with van der Waals surface area (Å²) in [6.07, 6.45) is 5.36. The third-order valence-corrected chi connectivity index (χ3v) is 3.06. The molecule has 70 valence electrons. The first kappa shape index (κ1) is 9.21. The second-order valence-electron chi connectivity index (χ2n) is 3.34. The average molecular weight is 289 g/mol. The number of nitrogens with zero attached hydrogens (tertiary/aromatic N) is 2. The number of rotatable bonds is 1. The fraction of sp³-hybridized carbons (Fsp3) is 0.444. The van der Waals surface area contributed by atoms with Gasteiger partial charge in [-0.25, -0.2) is 0 Å². The van der Waals surface area contributed by atoms with E-state index in [0.717, 1.165) is 25.2 Å². The lowest BCUT2D eigenvalue weighted by molar-refractivity contribution is 0.372. The van der Waals surface area contributed by atoms with Crippen molar-refractivity contribution in [1.82, 2.24) is 15.1 Å². The highest BCUT2D eigenvalue weighted by Crippen LogP contribution is 2.21. The SMILES string of the molecule is CN1CCC=C(c2n[nH]cc2I)C1. The largest absolute Gasteiger partial charge is 0.302 e. The van der Waals surface area contributed by atoms with Crippen LogP contribution in [0.25, 0.3) is 5.57 Å². The van der Waals surface area contributed by atoms with E-state index in [0.29, 0.717) is 0 Å². The van der Waals surface area contributed by atoms with Crippen molar-refractivity contribution in [3.8, 4) is 0 Å². The van der Waals surface area contributed by atoms with Gasteiger partial charge in [-0.15, -0.1) is 0 Å². The number of hydrogen-bond donors (Lipinski definition) is 1. The maximum Gasteiger partial charge on any atom is 0.102 e. The molecule has 0 atom stereocenters. The molecule has 1 aliphatic rings. The molecule has 3 nitrogen and oxygen atoms in total. The molecule has 0 fully saturated rings. The zero-order valence-corrected chi connectivity index (χ0v) is 9.71. The summed E-state index contributed by atoms with van der Waals surface area (Å²) in [5.41, 5.74) is 2.46. The number of hydrogen-bond acceptors (Lipinski definition) is 2. The van der Waals surface area contributed by atoms with Crippen LogP contribution in [0.3, 0.4) is 0 Å². The van der Waals surface area contributed by atoms with Gasteiger partial charge < -0.3 is 4.90 Å². The highest BCUT2D eigenvalue weighted by Gasteiger charge is 2.14. The van der Waals surface area contributed by atoms with Gasteiger partial charge in [-0.2, -0.15) is 5.10 Å². The van der Waals surface area contributed by atoms with Crippen LogP contribution in [-0.4, -0.2) is 35.2 Å². The first-order valence-corrected chi connectivity index (χ1v) is 5.42. The second-order valence-corrected chi connectivity index (χ2v) is 4.50. The van der Waals surface area contributed by atoms with E-state index in [-0.39, 0.29) is 0 Å². The van der Waals surface area contributed by atoms with Crippen molar-refractivity contribution in [3.63, 3.8) is 0 Å². The van der Waals surface area contributed by atoms with E-state index < -0.39 is 0 Å². The quantitative estimate of drug-likeness (QED) is 0.799. The highest BCUT2D eigenvalue weighted by molar-refractivity contribution is 14.1. The molecule has 1 N–H and O–H groups in total. The molecular formula is C9H12IN3. The average Bonchev–Trinajstić information content (AvgIpc) is 2.51. The third-order valence-electron chi connectivity index (χ3n) is 2.24. The summed E-state index contributed by atoms with van der Waals surface area (Å²) in [6, 6.07) is 0. The Morgan fingerprint density at radius 1 is 1.62 bits per heavy atom. The Morgan fingerprint density at radius 3 is 3.08 bits per heavy atom. The summed E-state index contributed by atoms with van der Waals surface area (Å²) >= 11 is 2.31. The Labute approximate surface area is 91.3 Å². The van der Waals surface area contributed by atoms with Gasteiger partial charge in [-0.1, -0.05) is 6.08 Å². The van der Waals surface area contributed by atoms with Gasteiger partial charge >= 0.3 is 0 Å². The summed E-state index contributed by atoms with van der Waals surface area (Å²) in [6.45, 7) is 2.17. The number of aromatic nitrogens is 2. The fourth-order valence-corrected chi connectivity index (χ4v) is 2.17.